The van der Waals surface area contributed by atoms with Gasteiger partial charge in [0.15, 0.2) is 0 Å². The van der Waals surface area contributed by atoms with Gasteiger partial charge in [0.2, 0.25) is 0 Å². The van der Waals surface area contributed by atoms with E-state index in [0.717, 1.165) is 0 Å². The van der Waals surface area contributed by atoms with Crippen molar-refractivity contribution in [3.05, 3.63) is 12.7 Å². The predicted octanol–water partition coefficient (Wildman–Crippen LogP) is 0.199. The lowest BCUT2D eigenvalue weighted by Crippen LogP contribution is -2.11. The van der Waals surface area contributed by atoms with Gasteiger partial charge in [-0.2, -0.15) is 5.90 Å². The normalized spacial score (nSPS) is 7.62. The second-order valence-corrected chi connectivity index (χ2v) is 0.968. The van der Waals surface area contributed by atoms with Crippen molar-refractivity contribution in [2.75, 3.05) is 6.61 Å². The van der Waals surface area contributed by atoms with E-state index >= 15 is 0 Å². The van der Waals surface area contributed by atoms with Gasteiger partial charge in [-0.3, -0.25) is 0 Å². The summed E-state index contributed by atoms with van der Waals surface area (Å²) in [6.45, 7) is 3.41. The highest BCUT2D eigenvalue weighted by atomic mass is 16.8. The van der Waals surface area contributed by atoms with Crippen LogP contribution in [0, 0.1) is 0 Å². The van der Waals surface area contributed by atoms with Crippen LogP contribution in [0.15, 0.2) is 12.7 Å². The maximum absolute atomic E-state index is 9.95. The molecule has 0 amide bonds. The maximum atomic E-state index is 9.95. The van der Waals surface area contributed by atoms with Crippen molar-refractivity contribution in [3.8, 4) is 0 Å². The van der Waals surface area contributed by atoms with E-state index in [1.165, 1.54) is 6.08 Å². The van der Waals surface area contributed by atoms with Gasteiger partial charge in [-0.25, -0.2) is 4.79 Å². The van der Waals surface area contributed by atoms with Crippen LogP contribution in [0.1, 0.15) is 0 Å². The Morgan fingerprint density at radius 1 is 1.88 bits per heavy atom. The third-order valence-electron chi connectivity index (χ3n) is 0.415. The first kappa shape index (κ1) is 6.97. The van der Waals surface area contributed by atoms with E-state index in [9.17, 15) is 4.79 Å². The van der Waals surface area contributed by atoms with Crippen LogP contribution >= 0.6 is 0 Å². The predicted molar refractivity (Wildman–Crippen MR) is 26.8 cm³/mol. The third-order valence-corrected chi connectivity index (χ3v) is 0.415. The van der Waals surface area contributed by atoms with Crippen LogP contribution in [-0.4, -0.2) is 12.8 Å². The number of rotatable bonds is 2. The molecule has 0 spiro atoms. The summed E-state index contributed by atoms with van der Waals surface area (Å²) in [6, 6.07) is 0. The molecule has 0 aromatic carbocycles. The fraction of sp³-hybridized carbons (Fsp3) is 0.250. The maximum Gasteiger partial charge on any atom is 0.527 e. The molecule has 0 unspecified atom stereocenters. The molecule has 0 aliphatic carbocycles. The number of hydrogen-bond donors (Lipinski definition) is 1. The number of ether oxygens (including phenoxy) is 1. The zero-order valence-corrected chi connectivity index (χ0v) is 4.29. The summed E-state index contributed by atoms with van der Waals surface area (Å²) in [6.07, 6.45) is 0.515. The summed E-state index contributed by atoms with van der Waals surface area (Å²) in [5.74, 6) is 4.40. The molecule has 0 atom stereocenters. The summed E-state index contributed by atoms with van der Waals surface area (Å²) < 4.78 is 4.24. The highest BCUT2D eigenvalue weighted by Crippen LogP contribution is 1.78. The number of hydrogen-bond acceptors (Lipinski definition) is 4. The minimum Gasteiger partial charge on any atom is -0.429 e. The van der Waals surface area contributed by atoms with E-state index in [1.807, 2.05) is 0 Å². The van der Waals surface area contributed by atoms with Crippen LogP contribution in [0.25, 0.3) is 0 Å². The SMILES string of the molecule is C=CCOC(=O)ON. The lowest BCUT2D eigenvalue weighted by molar-refractivity contribution is 0.0633. The van der Waals surface area contributed by atoms with Gasteiger partial charge < -0.3 is 9.57 Å². The lowest BCUT2D eigenvalue weighted by Gasteiger charge is -1.94. The second-order valence-electron chi connectivity index (χ2n) is 0.968. The molecule has 0 rings (SSSR count). The molecule has 0 bridgehead atoms. The van der Waals surface area contributed by atoms with Crippen molar-refractivity contribution >= 4 is 6.16 Å². The largest absolute Gasteiger partial charge is 0.527 e. The van der Waals surface area contributed by atoms with E-state index in [2.05, 4.69) is 22.1 Å². The summed E-state index contributed by atoms with van der Waals surface area (Å²) >= 11 is 0. The van der Waals surface area contributed by atoms with Gasteiger partial charge in [-0.1, -0.05) is 12.7 Å². The molecule has 0 saturated heterocycles. The minimum atomic E-state index is -0.898. The Bertz CT molecular complexity index is 91.3. The lowest BCUT2D eigenvalue weighted by atomic mass is 10.7. The number of carbonyl (C=O) groups is 1. The van der Waals surface area contributed by atoms with E-state index in [1.54, 1.807) is 0 Å². The van der Waals surface area contributed by atoms with Gasteiger partial charge in [0.1, 0.15) is 6.61 Å². The first-order valence-electron chi connectivity index (χ1n) is 1.95. The standard InChI is InChI=1S/C4H7NO3/c1-2-3-7-4(6)8-5/h2H,1,3,5H2. The first-order chi connectivity index (χ1) is 3.81. The van der Waals surface area contributed by atoms with Gasteiger partial charge in [-0.05, 0) is 0 Å². The van der Waals surface area contributed by atoms with Crippen molar-refractivity contribution in [1.82, 2.24) is 0 Å². The molecule has 4 nitrogen and oxygen atoms in total. The van der Waals surface area contributed by atoms with E-state index < -0.39 is 6.16 Å². The molecule has 0 aliphatic rings. The zero-order valence-electron chi connectivity index (χ0n) is 4.29. The Balaban J connectivity index is 3.11. The van der Waals surface area contributed by atoms with Crippen molar-refractivity contribution in [1.29, 1.82) is 0 Å². The first-order valence-corrected chi connectivity index (χ1v) is 1.95. The van der Waals surface area contributed by atoms with Crippen molar-refractivity contribution in [2.45, 2.75) is 0 Å². The highest BCUT2D eigenvalue weighted by molar-refractivity contribution is 5.59. The van der Waals surface area contributed by atoms with E-state index in [0.29, 0.717) is 0 Å². The quantitative estimate of drug-likeness (QED) is 0.319. The van der Waals surface area contributed by atoms with Crippen LogP contribution in [0.4, 0.5) is 4.79 Å². The Hall–Kier alpha value is -1.03. The summed E-state index contributed by atoms with van der Waals surface area (Å²) in [5, 5.41) is 0. The molecule has 0 saturated carbocycles. The highest BCUT2D eigenvalue weighted by Gasteiger charge is 1.95. The molecular weight excluding hydrogens is 110 g/mol. The third kappa shape index (κ3) is 3.17. The van der Waals surface area contributed by atoms with Crippen molar-refractivity contribution in [2.24, 2.45) is 5.90 Å². The smallest absolute Gasteiger partial charge is 0.429 e. The molecule has 2 N–H and O–H groups in total. The van der Waals surface area contributed by atoms with Crippen LogP contribution in [0.3, 0.4) is 0 Å². The molecular formula is C4H7NO3. The Labute approximate surface area is 46.8 Å². The van der Waals surface area contributed by atoms with Crippen molar-refractivity contribution < 1.29 is 14.4 Å². The average Bonchev–Trinajstić information content (AvgIpc) is 1.83. The topological polar surface area (TPSA) is 61.5 Å². The molecule has 0 aliphatic heterocycles. The molecule has 0 aromatic rings. The van der Waals surface area contributed by atoms with E-state index in [4.69, 9.17) is 0 Å². The summed E-state index contributed by atoms with van der Waals surface area (Å²) in [7, 11) is 0. The minimum absolute atomic E-state index is 0.121. The van der Waals surface area contributed by atoms with Crippen LogP contribution in [-0.2, 0) is 9.57 Å². The molecule has 0 aromatic heterocycles. The average molecular weight is 117 g/mol. The Morgan fingerprint density at radius 2 is 2.50 bits per heavy atom. The fourth-order valence-electron chi connectivity index (χ4n) is 0.161. The van der Waals surface area contributed by atoms with Crippen molar-refractivity contribution in [3.63, 3.8) is 0 Å². The number of carbonyl (C=O) groups excluding carboxylic acids is 1. The monoisotopic (exact) mass is 117 g/mol. The Kier molecular flexibility index (Phi) is 3.60. The van der Waals surface area contributed by atoms with Crippen LogP contribution in [0.5, 0.6) is 0 Å². The van der Waals surface area contributed by atoms with Gasteiger partial charge in [0.25, 0.3) is 0 Å². The van der Waals surface area contributed by atoms with Gasteiger partial charge in [-0.15, -0.1) is 0 Å². The van der Waals surface area contributed by atoms with E-state index in [-0.39, 0.29) is 6.61 Å². The van der Waals surface area contributed by atoms with Crippen LogP contribution in [0.2, 0.25) is 0 Å². The molecule has 46 valence electrons. The molecule has 4 heteroatoms. The fourth-order valence-corrected chi connectivity index (χ4v) is 0.161. The molecule has 0 radical (unpaired) electrons. The van der Waals surface area contributed by atoms with Crippen LogP contribution < -0.4 is 5.90 Å². The number of nitrogens with two attached hydrogens (primary N) is 1. The summed E-state index contributed by atoms with van der Waals surface area (Å²) in [4.78, 5) is 13.6. The Morgan fingerprint density at radius 3 is 2.88 bits per heavy atom. The van der Waals surface area contributed by atoms with Gasteiger partial charge in [0.05, 0.1) is 0 Å². The molecule has 8 heavy (non-hydrogen) atoms. The molecule has 0 fully saturated rings. The summed E-state index contributed by atoms with van der Waals surface area (Å²) in [5.41, 5.74) is 0. The van der Waals surface area contributed by atoms with Gasteiger partial charge >= 0.3 is 6.16 Å². The van der Waals surface area contributed by atoms with Gasteiger partial charge in [0, 0.05) is 0 Å². The zero-order chi connectivity index (χ0) is 6.41. The molecule has 0 heterocycles. The second kappa shape index (κ2) is 4.14.